The highest BCUT2D eigenvalue weighted by Gasteiger charge is 2.25. The summed E-state index contributed by atoms with van der Waals surface area (Å²) in [5.74, 6) is 2.45. The third-order valence-corrected chi connectivity index (χ3v) is 5.84. The van der Waals surface area contributed by atoms with Gasteiger partial charge in [0.05, 0.1) is 20.5 Å². The van der Waals surface area contributed by atoms with Gasteiger partial charge in [0.25, 0.3) is 0 Å². The van der Waals surface area contributed by atoms with Gasteiger partial charge in [0.1, 0.15) is 11.5 Å². The average Bonchev–Trinajstić information content (AvgIpc) is 2.67. The first-order valence-corrected chi connectivity index (χ1v) is 11.8. The van der Waals surface area contributed by atoms with Crippen molar-refractivity contribution in [2.75, 3.05) is 60.2 Å². The molecule has 2 rings (SSSR count). The van der Waals surface area contributed by atoms with Crippen molar-refractivity contribution in [3.63, 3.8) is 0 Å². The number of sulfonamides is 1. The number of ether oxygens (including phenoxy) is 2. The van der Waals surface area contributed by atoms with Crippen LogP contribution in [0.2, 0.25) is 0 Å². The van der Waals surface area contributed by atoms with Gasteiger partial charge in [0, 0.05) is 57.4 Å². The molecule has 0 unspecified atom stereocenters. The zero-order valence-corrected chi connectivity index (χ0v) is 19.7. The van der Waals surface area contributed by atoms with E-state index in [2.05, 4.69) is 24.8 Å². The van der Waals surface area contributed by atoms with Crippen LogP contribution in [0.1, 0.15) is 19.4 Å². The number of guanidine groups is 1. The first-order chi connectivity index (χ1) is 14.1. The second kappa shape index (κ2) is 10.3. The van der Waals surface area contributed by atoms with E-state index in [4.69, 9.17) is 9.47 Å². The molecule has 1 aromatic rings. The Morgan fingerprint density at radius 1 is 1.17 bits per heavy atom. The fourth-order valence-electron chi connectivity index (χ4n) is 3.53. The third kappa shape index (κ3) is 7.33. The molecule has 1 aliphatic rings. The van der Waals surface area contributed by atoms with Crippen LogP contribution in [0.4, 0.5) is 0 Å². The molecule has 9 nitrogen and oxygen atoms in total. The Morgan fingerprint density at radius 2 is 1.83 bits per heavy atom. The predicted octanol–water partition coefficient (Wildman–Crippen LogP) is 0.725. The summed E-state index contributed by atoms with van der Waals surface area (Å²) in [5, 5.41) is 3.29. The van der Waals surface area contributed by atoms with Gasteiger partial charge in [0.15, 0.2) is 5.96 Å². The quantitative estimate of drug-likeness (QED) is 0.453. The molecular weight excluding hydrogens is 406 g/mol. The Morgan fingerprint density at radius 3 is 2.37 bits per heavy atom. The predicted molar refractivity (Wildman–Crippen MR) is 120 cm³/mol. The maximum Gasteiger partial charge on any atom is 0.209 e. The number of hydrogen-bond acceptors (Lipinski definition) is 6. The van der Waals surface area contributed by atoms with Gasteiger partial charge in [-0.2, -0.15) is 0 Å². The van der Waals surface area contributed by atoms with Crippen LogP contribution in [0.5, 0.6) is 11.5 Å². The second-order valence-electron chi connectivity index (χ2n) is 8.10. The van der Waals surface area contributed by atoms with Crippen molar-refractivity contribution in [1.82, 2.24) is 19.8 Å². The van der Waals surface area contributed by atoms with E-state index in [-0.39, 0.29) is 0 Å². The molecule has 30 heavy (non-hydrogen) atoms. The molecule has 1 fully saturated rings. The van der Waals surface area contributed by atoms with Crippen LogP contribution in [0.25, 0.3) is 0 Å². The summed E-state index contributed by atoms with van der Waals surface area (Å²) in [6.45, 7) is 8.32. The molecule has 1 aromatic carbocycles. The minimum Gasteiger partial charge on any atom is -0.497 e. The Balaban J connectivity index is 1.91. The molecule has 0 bridgehead atoms. The van der Waals surface area contributed by atoms with Gasteiger partial charge in [-0.3, -0.25) is 9.89 Å². The Bertz CT molecular complexity index is 834. The molecule has 0 atom stereocenters. The highest BCUT2D eigenvalue weighted by molar-refractivity contribution is 7.88. The van der Waals surface area contributed by atoms with Crippen LogP contribution in [-0.2, 0) is 16.6 Å². The van der Waals surface area contributed by atoms with Crippen molar-refractivity contribution in [2.45, 2.75) is 25.9 Å². The van der Waals surface area contributed by atoms with Crippen molar-refractivity contribution in [3.05, 3.63) is 23.8 Å². The minimum absolute atomic E-state index is 0.438. The van der Waals surface area contributed by atoms with Crippen molar-refractivity contribution in [3.8, 4) is 11.5 Å². The van der Waals surface area contributed by atoms with Crippen molar-refractivity contribution in [1.29, 1.82) is 0 Å². The molecule has 1 saturated heterocycles. The van der Waals surface area contributed by atoms with E-state index in [1.54, 1.807) is 21.3 Å². The van der Waals surface area contributed by atoms with Crippen LogP contribution in [0.3, 0.4) is 0 Å². The van der Waals surface area contributed by atoms with Gasteiger partial charge in [-0.15, -0.1) is 0 Å². The van der Waals surface area contributed by atoms with E-state index in [1.165, 1.54) is 6.26 Å². The minimum atomic E-state index is -3.28. The lowest BCUT2D eigenvalue weighted by Crippen LogP contribution is -2.56. The maximum absolute atomic E-state index is 11.5. The first-order valence-electron chi connectivity index (χ1n) is 9.94. The van der Waals surface area contributed by atoms with Gasteiger partial charge in [0.2, 0.25) is 10.0 Å². The SMILES string of the molecule is CN=C(NCC(C)(C)NS(C)(=O)=O)N1CCN(Cc2cc(OC)ccc2OC)CC1. The number of hydrogen-bond donors (Lipinski definition) is 2. The molecular formula is C20H35N5O4S. The van der Waals surface area contributed by atoms with Crippen LogP contribution in [0.15, 0.2) is 23.2 Å². The van der Waals surface area contributed by atoms with Crippen molar-refractivity contribution >= 4 is 16.0 Å². The largest absolute Gasteiger partial charge is 0.497 e. The smallest absolute Gasteiger partial charge is 0.209 e. The highest BCUT2D eigenvalue weighted by atomic mass is 32.2. The summed E-state index contributed by atoms with van der Waals surface area (Å²) < 4.78 is 36.5. The number of nitrogens with one attached hydrogen (secondary N) is 2. The molecule has 0 radical (unpaired) electrons. The zero-order chi connectivity index (χ0) is 22.4. The second-order valence-corrected chi connectivity index (χ2v) is 9.85. The van der Waals surface area contributed by atoms with Gasteiger partial charge in [-0.25, -0.2) is 13.1 Å². The molecule has 0 spiro atoms. The van der Waals surface area contributed by atoms with Crippen LogP contribution >= 0.6 is 0 Å². The lowest BCUT2D eigenvalue weighted by Gasteiger charge is -2.37. The Kier molecular flexibility index (Phi) is 8.34. The van der Waals surface area contributed by atoms with E-state index >= 15 is 0 Å². The fraction of sp³-hybridized carbons (Fsp3) is 0.650. The molecule has 0 aliphatic carbocycles. The number of rotatable bonds is 8. The van der Waals surface area contributed by atoms with E-state index in [0.717, 1.165) is 55.7 Å². The topological polar surface area (TPSA) is 95.5 Å². The molecule has 0 aromatic heterocycles. The molecule has 2 N–H and O–H groups in total. The van der Waals surface area contributed by atoms with Gasteiger partial charge < -0.3 is 19.7 Å². The van der Waals surface area contributed by atoms with Gasteiger partial charge in [-0.1, -0.05) is 0 Å². The summed E-state index contributed by atoms with van der Waals surface area (Å²) in [6, 6.07) is 5.85. The number of piperazine rings is 1. The summed E-state index contributed by atoms with van der Waals surface area (Å²) in [4.78, 5) is 8.93. The van der Waals surface area contributed by atoms with Gasteiger partial charge >= 0.3 is 0 Å². The van der Waals surface area contributed by atoms with E-state index < -0.39 is 15.6 Å². The van der Waals surface area contributed by atoms with Crippen LogP contribution < -0.4 is 19.5 Å². The highest BCUT2D eigenvalue weighted by Crippen LogP contribution is 2.25. The van der Waals surface area contributed by atoms with Crippen LogP contribution in [0, 0.1) is 0 Å². The number of nitrogens with zero attached hydrogens (tertiary/aromatic N) is 3. The molecule has 170 valence electrons. The molecule has 1 heterocycles. The summed E-state index contributed by atoms with van der Waals surface area (Å²) in [7, 11) is 1.81. The number of benzene rings is 1. The van der Waals surface area contributed by atoms with E-state index in [0.29, 0.717) is 6.54 Å². The Labute approximate surface area is 180 Å². The monoisotopic (exact) mass is 441 g/mol. The van der Waals surface area contributed by atoms with Crippen molar-refractivity contribution < 1.29 is 17.9 Å². The Hall–Kier alpha value is -2.04. The molecule has 0 amide bonds. The lowest BCUT2D eigenvalue weighted by molar-refractivity contribution is 0.170. The summed E-state index contributed by atoms with van der Waals surface area (Å²) >= 11 is 0. The zero-order valence-electron chi connectivity index (χ0n) is 18.9. The number of methoxy groups -OCH3 is 2. The van der Waals surface area contributed by atoms with Gasteiger partial charge in [-0.05, 0) is 32.0 Å². The number of aliphatic imine (C=N–C) groups is 1. The van der Waals surface area contributed by atoms with E-state index in [1.807, 2.05) is 32.0 Å². The van der Waals surface area contributed by atoms with Crippen LogP contribution in [-0.4, -0.2) is 90.0 Å². The molecule has 10 heteroatoms. The summed E-state index contributed by atoms with van der Waals surface area (Å²) in [5.41, 5.74) is 0.482. The normalized spacial score (nSPS) is 16.5. The average molecular weight is 442 g/mol. The van der Waals surface area contributed by atoms with E-state index in [9.17, 15) is 8.42 Å². The first kappa shape index (κ1) is 24.2. The third-order valence-electron chi connectivity index (χ3n) is 4.92. The maximum atomic E-state index is 11.5. The fourth-order valence-corrected chi connectivity index (χ4v) is 4.61. The summed E-state index contributed by atoms with van der Waals surface area (Å²) in [6.07, 6.45) is 1.17. The lowest BCUT2D eigenvalue weighted by atomic mass is 10.1. The van der Waals surface area contributed by atoms with Crippen molar-refractivity contribution in [2.24, 2.45) is 4.99 Å². The molecule has 1 aliphatic heterocycles. The standard InChI is InChI=1S/C20H35N5O4S/c1-20(2,23-30(6,26)27)15-22-19(21-3)25-11-9-24(10-12-25)14-16-13-17(28-4)7-8-18(16)29-5/h7-8,13,23H,9-12,14-15H2,1-6H3,(H,21,22). The molecule has 0 saturated carbocycles.